The molecule has 2 rings (SSSR count). The van der Waals surface area contributed by atoms with Gasteiger partial charge in [0.1, 0.15) is 0 Å². The maximum Gasteiger partial charge on any atom is 0.175 e. The van der Waals surface area contributed by atoms with Gasteiger partial charge in [0.15, 0.2) is 9.84 Å². The molecule has 0 aliphatic carbocycles. The molecule has 1 aromatic carbocycles. The second-order valence-corrected chi connectivity index (χ2v) is 7.17. The first-order valence-electron chi connectivity index (χ1n) is 6.77. The Balaban J connectivity index is 1.84. The van der Waals surface area contributed by atoms with Crippen molar-refractivity contribution in [3.63, 3.8) is 0 Å². The molecular weight excluding hydrogens is 278 g/mol. The number of hydrogen-bond acceptors (Lipinski definition) is 5. The van der Waals surface area contributed by atoms with Gasteiger partial charge in [0, 0.05) is 26.0 Å². The summed E-state index contributed by atoms with van der Waals surface area (Å²) >= 11 is 0. The molecule has 0 amide bonds. The molecule has 2 atom stereocenters. The topological polar surface area (TPSA) is 75.6 Å². The van der Waals surface area contributed by atoms with Gasteiger partial charge >= 0.3 is 0 Å². The SMILES string of the molecule is CS(=O)(=O)c1ccc(C(O)CNCC2CCCO2)cc1. The lowest BCUT2D eigenvalue weighted by molar-refractivity contribution is 0.103. The molecule has 20 heavy (non-hydrogen) atoms. The van der Waals surface area contributed by atoms with Gasteiger partial charge in [-0.3, -0.25) is 0 Å². The minimum Gasteiger partial charge on any atom is -0.387 e. The Kier molecular flexibility index (Phi) is 5.15. The lowest BCUT2D eigenvalue weighted by Gasteiger charge is -2.15. The number of ether oxygens (including phenoxy) is 1. The summed E-state index contributed by atoms with van der Waals surface area (Å²) in [4.78, 5) is 0.265. The van der Waals surface area contributed by atoms with Crippen LogP contribution in [0.5, 0.6) is 0 Å². The Labute approximate surface area is 119 Å². The fraction of sp³-hybridized carbons (Fsp3) is 0.571. The maximum absolute atomic E-state index is 11.3. The molecule has 1 fully saturated rings. The number of sulfone groups is 1. The van der Waals surface area contributed by atoms with Crippen LogP contribution in [-0.2, 0) is 14.6 Å². The van der Waals surface area contributed by atoms with Crippen LogP contribution < -0.4 is 5.32 Å². The molecule has 2 unspecified atom stereocenters. The third-order valence-electron chi connectivity index (χ3n) is 3.43. The van der Waals surface area contributed by atoms with E-state index in [9.17, 15) is 13.5 Å². The largest absolute Gasteiger partial charge is 0.387 e. The zero-order valence-corrected chi connectivity index (χ0v) is 12.4. The normalized spacial score (nSPS) is 21.0. The number of benzene rings is 1. The van der Waals surface area contributed by atoms with Crippen LogP contribution >= 0.6 is 0 Å². The average molecular weight is 299 g/mol. The summed E-state index contributed by atoms with van der Waals surface area (Å²) in [7, 11) is -3.19. The first-order chi connectivity index (χ1) is 9.47. The lowest BCUT2D eigenvalue weighted by Crippen LogP contribution is -2.29. The minimum atomic E-state index is -3.19. The van der Waals surface area contributed by atoms with Crippen molar-refractivity contribution >= 4 is 9.84 Å². The second-order valence-electron chi connectivity index (χ2n) is 5.15. The van der Waals surface area contributed by atoms with Crippen LogP contribution in [0.3, 0.4) is 0 Å². The quantitative estimate of drug-likeness (QED) is 0.816. The summed E-state index contributed by atoms with van der Waals surface area (Å²) in [6.07, 6.45) is 2.93. The molecule has 112 valence electrons. The van der Waals surface area contributed by atoms with Crippen molar-refractivity contribution in [3.05, 3.63) is 29.8 Å². The first kappa shape index (κ1) is 15.4. The van der Waals surface area contributed by atoms with Crippen LogP contribution in [0, 0.1) is 0 Å². The molecule has 5 nitrogen and oxygen atoms in total. The summed E-state index contributed by atoms with van der Waals surface area (Å²) in [5.41, 5.74) is 0.706. The van der Waals surface area contributed by atoms with E-state index in [0.29, 0.717) is 12.1 Å². The van der Waals surface area contributed by atoms with Gasteiger partial charge in [-0.1, -0.05) is 12.1 Å². The Morgan fingerprint density at radius 3 is 2.65 bits per heavy atom. The number of nitrogens with one attached hydrogen (secondary N) is 1. The molecule has 0 spiro atoms. The van der Waals surface area contributed by atoms with Crippen LogP contribution in [-0.4, -0.2) is 45.6 Å². The summed E-state index contributed by atoms with van der Waals surface area (Å²) in [5.74, 6) is 0. The molecule has 1 aliphatic heterocycles. The lowest BCUT2D eigenvalue weighted by atomic mass is 10.1. The van der Waals surface area contributed by atoms with Gasteiger partial charge in [0.25, 0.3) is 0 Å². The Bertz CT molecular complexity index is 521. The van der Waals surface area contributed by atoms with Gasteiger partial charge in [-0.25, -0.2) is 8.42 Å². The molecule has 1 heterocycles. The highest BCUT2D eigenvalue weighted by molar-refractivity contribution is 7.90. The van der Waals surface area contributed by atoms with E-state index in [2.05, 4.69) is 5.32 Å². The minimum absolute atomic E-state index is 0.245. The van der Waals surface area contributed by atoms with Gasteiger partial charge in [0.2, 0.25) is 0 Å². The third kappa shape index (κ3) is 4.28. The number of aliphatic hydroxyl groups excluding tert-OH is 1. The Hall–Kier alpha value is -0.950. The number of hydrogen-bond donors (Lipinski definition) is 2. The second kappa shape index (κ2) is 6.67. The van der Waals surface area contributed by atoms with Crippen molar-refractivity contribution < 1.29 is 18.3 Å². The van der Waals surface area contributed by atoms with Gasteiger partial charge in [-0.15, -0.1) is 0 Å². The van der Waals surface area contributed by atoms with E-state index >= 15 is 0 Å². The Morgan fingerprint density at radius 1 is 1.40 bits per heavy atom. The molecule has 0 bridgehead atoms. The highest BCUT2D eigenvalue weighted by Crippen LogP contribution is 2.16. The van der Waals surface area contributed by atoms with E-state index in [1.165, 1.54) is 18.4 Å². The fourth-order valence-electron chi connectivity index (χ4n) is 2.24. The maximum atomic E-state index is 11.3. The van der Waals surface area contributed by atoms with Crippen molar-refractivity contribution in [1.29, 1.82) is 0 Å². The summed E-state index contributed by atoms with van der Waals surface area (Å²) in [5, 5.41) is 13.2. The smallest absolute Gasteiger partial charge is 0.175 e. The van der Waals surface area contributed by atoms with Gasteiger partial charge in [0.05, 0.1) is 17.1 Å². The average Bonchev–Trinajstić information content (AvgIpc) is 2.91. The van der Waals surface area contributed by atoms with Crippen molar-refractivity contribution in [3.8, 4) is 0 Å². The predicted molar refractivity (Wildman–Crippen MR) is 76.4 cm³/mol. The molecular formula is C14H21NO4S. The molecule has 0 saturated carbocycles. The molecule has 0 aromatic heterocycles. The van der Waals surface area contributed by atoms with Crippen LogP contribution in [0.1, 0.15) is 24.5 Å². The van der Waals surface area contributed by atoms with Crippen molar-refractivity contribution in [1.82, 2.24) is 5.32 Å². The van der Waals surface area contributed by atoms with E-state index in [1.807, 2.05) is 0 Å². The molecule has 2 N–H and O–H groups in total. The van der Waals surface area contributed by atoms with E-state index in [-0.39, 0.29) is 11.0 Å². The third-order valence-corrected chi connectivity index (χ3v) is 4.56. The number of aliphatic hydroxyl groups is 1. The van der Waals surface area contributed by atoms with Gasteiger partial charge < -0.3 is 15.2 Å². The first-order valence-corrected chi connectivity index (χ1v) is 8.66. The van der Waals surface area contributed by atoms with Gasteiger partial charge in [-0.05, 0) is 30.5 Å². The molecule has 1 aromatic rings. The standard InChI is InChI=1S/C14H21NO4S/c1-20(17,18)13-6-4-11(5-7-13)14(16)10-15-9-12-3-2-8-19-12/h4-7,12,14-16H,2-3,8-10H2,1H3. The molecule has 0 radical (unpaired) electrons. The Morgan fingerprint density at radius 2 is 2.10 bits per heavy atom. The zero-order valence-electron chi connectivity index (χ0n) is 11.6. The molecule has 6 heteroatoms. The van der Waals surface area contributed by atoms with Crippen molar-refractivity contribution in [2.75, 3.05) is 26.0 Å². The van der Waals surface area contributed by atoms with Crippen LogP contribution in [0.25, 0.3) is 0 Å². The van der Waals surface area contributed by atoms with E-state index < -0.39 is 15.9 Å². The molecule has 1 saturated heterocycles. The number of rotatable bonds is 6. The highest BCUT2D eigenvalue weighted by Gasteiger charge is 2.16. The van der Waals surface area contributed by atoms with Gasteiger partial charge in [-0.2, -0.15) is 0 Å². The molecule has 1 aliphatic rings. The van der Waals surface area contributed by atoms with E-state index in [4.69, 9.17) is 4.74 Å². The zero-order chi connectivity index (χ0) is 14.6. The van der Waals surface area contributed by atoms with Crippen LogP contribution in [0.4, 0.5) is 0 Å². The predicted octanol–water partition coefficient (Wildman–Crippen LogP) is 0.892. The monoisotopic (exact) mass is 299 g/mol. The van der Waals surface area contributed by atoms with Crippen molar-refractivity contribution in [2.24, 2.45) is 0 Å². The van der Waals surface area contributed by atoms with E-state index in [1.54, 1.807) is 12.1 Å². The summed E-state index contributed by atoms with van der Waals surface area (Å²) in [6.45, 7) is 1.98. The highest BCUT2D eigenvalue weighted by atomic mass is 32.2. The van der Waals surface area contributed by atoms with E-state index in [0.717, 1.165) is 26.0 Å². The van der Waals surface area contributed by atoms with Crippen LogP contribution in [0.2, 0.25) is 0 Å². The summed E-state index contributed by atoms with van der Waals surface area (Å²) < 4.78 is 28.2. The van der Waals surface area contributed by atoms with Crippen LogP contribution in [0.15, 0.2) is 29.2 Å². The van der Waals surface area contributed by atoms with Crippen molar-refractivity contribution in [2.45, 2.75) is 29.9 Å². The summed E-state index contributed by atoms with van der Waals surface area (Å²) in [6, 6.07) is 6.34. The fourth-order valence-corrected chi connectivity index (χ4v) is 2.87.